The average Bonchev–Trinajstić information content (AvgIpc) is 3.58. The number of aryl methyl sites for hydroxylation is 1. The number of amides is 1. The fourth-order valence-corrected chi connectivity index (χ4v) is 5.78. The summed E-state index contributed by atoms with van der Waals surface area (Å²) in [5, 5.41) is 10.2. The van der Waals surface area contributed by atoms with Gasteiger partial charge in [-0.3, -0.25) is 9.69 Å². The third-order valence-corrected chi connectivity index (χ3v) is 7.65. The van der Waals surface area contributed by atoms with Crippen molar-refractivity contribution < 1.29 is 23.1 Å². The fourth-order valence-electron chi connectivity index (χ4n) is 5.78. The quantitative estimate of drug-likeness (QED) is 0.367. The van der Waals surface area contributed by atoms with Gasteiger partial charge >= 0.3 is 6.09 Å². The molecule has 38 heavy (non-hydrogen) atoms. The van der Waals surface area contributed by atoms with E-state index in [-0.39, 0.29) is 46.5 Å². The van der Waals surface area contributed by atoms with Crippen molar-refractivity contribution in [3.8, 4) is 11.1 Å². The molecule has 2 atom stereocenters. The molecule has 3 heterocycles. The Balaban J connectivity index is 1.54. The molecule has 2 fully saturated rings. The number of aromatic nitrogens is 2. The van der Waals surface area contributed by atoms with Gasteiger partial charge in [-0.25, -0.2) is 13.6 Å². The number of nitrogens with two attached hydrogens (primary N) is 1. The summed E-state index contributed by atoms with van der Waals surface area (Å²) in [6.45, 7) is 6.14. The Kier molecular flexibility index (Phi) is 5.37. The zero-order chi connectivity index (χ0) is 27.0. The molecule has 0 radical (unpaired) electrons. The highest BCUT2D eigenvalue weighted by Gasteiger charge is 2.36. The number of halogens is 2. The Labute approximate surface area is 216 Å². The van der Waals surface area contributed by atoms with Crippen LogP contribution in [0.2, 0.25) is 0 Å². The molecule has 9 nitrogen and oxygen atoms in total. The SMILES string of the molecule is Cc1c(-c2cc(F)c(N)cc2F)ccc2c3oc(N4C[C@@H](C)N(C(=O)O)[C@@H](C)C4)nc3c(=O)n(C3CC3)c12. The first-order chi connectivity index (χ1) is 18.1. The zero-order valence-electron chi connectivity index (χ0n) is 21.2. The molecular weight excluding hydrogens is 496 g/mol. The molecule has 2 aromatic heterocycles. The summed E-state index contributed by atoms with van der Waals surface area (Å²) in [6.07, 6.45) is 0.668. The van der Waals surface area contributed by atoms with Gasteiger partial charge in [0.05, 0.1) is 23.3 Å². The summed E-state index contributed by atoms with van der Waals surface area (Å²) in [5.41, 5.74) is 7.19. The molecule has 0 bridgehead atoms. The Morgan fingerprint density at radius 1 is 1.11 bits per heavy atom. The molecule has 1 aliphatic carbocycles. The van der Waals surface area contributed by atoms with Gasteiger partial charge in [-0.2, -0.15) is 4.98 Å². The van der Waals surface area contributed by atoms with Gasteiger partial charge in [0, 0.05) is 36.1 Å². The Hall–Kier alpha value is -4.15. The Morgan fingerprint density at radius 3 is 2.42 bits per heavy atom. The predicted octanol–water partition coefficient (Wildman–Crippen LogP) is 4.89. The molecular formula is C27H27F2N5O4. The largest absolute Gasteiger partial charge is 0.465 e. The molecule has 2 aromatic carbocycles. The van der Waals surface area contributed by atoms with Crippen LogP contribution in [0.3, 0.4) is 0 Å². The Morgan fingerprint density at radius 2 is 1.79 bits per heavy atom. The molecule has 3 N–H and O–H groups in total. The van der Waals surface area contributed by atoms with Crippen molar-refractivity contribution >= 4 is 39.8 Å². The van der Waals surface area contributed by atoms with Crippen LogP contribution in [0.15, 0.2) is 33.5 Å². The van der Waals surface area contributed by atoms with Crippen LogP contribution in [0.4, 0.5) is 25.3 Å². The lowest BCUT2D eigenvalue weighted by molar-refractivity contribution is 0.0971. The summed E-state index contributed by atoms with van der Waals surface area (Å²) < 4.78 is 37.0. The first kappa shape index (κ1) is 24.2. The van der Waals surface area contributed by atoms with Crippen molar-refractivity contribution in [2.24, 2.45) is 0 Å². The van der Waals surface area contributed by atoms with Crippen LogP contribution in [0.1, 0.15) is 38.3 Å². The minimum Gasteiger partial charge on any atom is -0.465 e. The molecule has 1 amide bonds. The standard InChI is InChI=1S/C27H27F2N5O4/c1-12-10-32(11-13(2)33(12)27(36)37)26-31-22-24(38-26)17-7-6-16(18-8-20(29)21(30)9-19(18)28)14(3)23(17)34(25(22)35)15-4-5-15/h6-9,12-13,15H,4-5,10-11,30H2,1-3H3,(H,36,37)/t12-,13+. The molecule has 1 saturated heterocycles. The summed E-state index contributed by atoms with van der Waals surface area (Å²) in [6, 6.07) is 5.10. The zero-order valence-corrected chi connectivity index (χ0v) is 21.2. The van der Waals surface area contributed by atoms with E-state index < -0.39 is 17.7 Å². The van der Waals surface area contributed by atoms with Crippen molar-refractivity contribution in [1.82, 2.24) is 14.5 Å². The van der Waals surface area contributed by atoms with E-state index in [0.717, 1.165) is 25.0 Å². The van der Waals surface area contributed by atoms with Crippen LogP contribution < -0.4 is 16.2 Å². The second-order valence-corrected chi connectivity index (χ2v) is 10.4. The number of carbonyl (C=O) groups is 1. The number of rotatable bonds is 3. The van der Waals surface area contributed by atoms with Gasteiger partial charge in [-0.15, -0.1) is 0 Å². The van der Waals surface area contributed by atoms with Gasteiger partial charge in [-0.1, -0.05) is 6.07 Å². The Bertz CT molecular complexity index is 1680. The summed E-state index contributed by atoms with van der Waals surface area (Å²) in [4.78, 5) is 33.2. The molecule has 2 aliphatic rings. The van der Waals surface area contributed by atoms with Gasteiger partial charge < -0.3 is 24.7 Å². The van der Waals surface area contributed by atoms with Crippen LogP contribution in [-0.4, -0.2) is 50.8 Å². The average molecular weight is 524 g/mol. The normalized spacial score (nSPS) is 20.0. The summed E-state index contributed by atoms with van der Waals surface area (Å²) in [7, 11) is 0. The van der Waals surface area contributed by atoms with Crippen LogP contribution in [-0.2, 0) is 0 Å². The minimum atomic E-state index is -0.982. The number of pyridine rings is 1. The van der Waals surface area contributed by atoms with E-state index in [2.05, 4.69) is 4.98 Å². The smallest absolute Gasteiger partial charge is 0.407 e. The maximum Gasteiger partial charge on any atom is 0.407 e. The molecule has 11 heteroatoms. The van der Waals surface area contributed by atoms with Crippen molar-refractivity contribution in [3.63, 3.8) is 0 Å². The molecule has 0 spiro atoms. The lowest BCUT2D eigenvalue weighted by Crippen LogP contribution is -2.58. The molecule has 1 saturated carbocycles. The van der Waals surface area contributed by atoms with Gasteiger partial charge in [0.15, 0.2) is 11.1 Å². The van der Waals surface area contributed by atoms with E-state index in [0.29, 0.717) is 40.7 Å². The lowest BCUT2D eigenvalue weighted by atomic mass is 9.96. The lowest BCUT2D eigenvalue weighted by Gasteiger charge is -2.42. The number of piperazine rings is 1. The van der Waals surface area contributed by atoms with E-state index in [4.69, 9.17) is 10.2 Å². The first-order valence-electron chi connectivity index (χ1n) is 12.6. The van der Waals surface area contributed by atoms with Gasteiger partial charge in [0.2, 0.25) is 0 Å². The number of nitrogen functional groups attached to an aromatic ring is 1. The van der Waals surface area contributed by atoms with Crippen LogP contribution in [0.25, 0.3) is 33.1 Å². The highest BCUT2D eigenvalue weighted by Crippen LogP contribution is 2.41. The number of hydrogen-bond donors (Lipinski definition) is 2. The molecule has 6 rings (SSSR count). The van der Waals surface area contributed by atoms with Crippen LogP contribution in [0.5, 0.6) is 0 Å². The maximum atomic E-state index is 14.9. The van der Waals surface area contributed by atoms with E-state index in [9.17, 15) is 23.5 Å². The third kappa shape index (κ3) is 3.59. The third-order valence-electron chi connectivity index (χ3n) is 7.65. The van der Waals surface area contributed by atoms with E-state index in [1.54, 1.807) is 23.6 Å². The van der Waals surface area contributed by atoms with Crippen molar-refractivity contribution in [2.75, 3.05) is 23.7 Å². The molecule has 4 aromatic rings. The number of nitrogens with zero attached hydrogens (tertiary/aromatic N) is 4. The topological polar surface area (TPSA) is 118 Å². The van der Waals surface area contributed by atoms with E-state index in [1.807, 2.05) is 18.7 Å². The highest BCUT2D eigenvalue weighted by atomic mass is 19.1. The van der Waals surface area contributed by atoms with Crippen molar-refractivity contribution in [1.29, 1.82) is 0 Å². The second kappa shape index (κ2) is 8.44. The van der Waals surface area contributed by atoms with Gasteiger partial charge in [0.1, 0.15) is 11.6 Å². The first-order valence-corrected chi connectivity index (χ1v) is 12.6. The summed E-state index contributed by atoms with van der Waals surface area (Å²) >= 11 is 0. The van der Waals surface area contributed by atoms with E-state index in [1.165, 1.54) is 4.90 Å². The van der Waals surface area contributed by atoms with E-state index >= 15 is 0 Å². The van der Waals surface area contributed by atoms with Gasteiger partial charge in [-0.05, 0) is 56.9 Å². The van der Waals surface area contributed by atoms with Crippen molar-refractivity contribution in [2.45, 2.75) is 51.7 Å². The number of anilines is 2. The monoisotopic (exact) mass is 523 g/mol. The molecule has 1 aliphatic heterocycles. The fraction of sp³-hybridized carbons (Fsp3) is 0.370. The number of benzene rings is 2. The second-order valence-electron chi connectivity index (χ2n) is 10.4. The van der Waals surface area contributed by atoms with Gasteiger partial charge in [0.25, 0.3) is 11.6 Å². The number of hydrogen-bond acceptors (Lipinski definition) is 6. The molecule has 0 unspecified atom stereocenters. The number of fused-ring (bicyclic) bond motifs is 3. The minimum absolute atomic E-state index is 0.0179. The van der Waals surface area contributed by atoms with Crippen LogP contribution in [0, 0.1) is 18.6 Å². The predicted molar refractivity (Wildman–Crippen MR) is 140 cm³/mol. The number of carboxylic acid groups (broad SMARTS) is 1. The highest BCUT2D eigenvalue weighted by molar-refractivity contribution is 6.04. The van der Waals surface area contributed by atoms with Crippen LogP contribution >= 0.6 is 0 Å². The van der Waals surface area contributed by atoms with Crippen molar-refractivity contribution in [3.05, 3.63) is 51.8 Å². The summed E-state index contributed by atoms with van der Waals surface area (Å²) in [5.74, 6) is -1.37. The number of oxazole rings is 1. The molecule has 198 valence electrons. The maximum absolute atomic E-state index is 14.9.